The molecule has 0 fully saturated rings. The van der Waals surface area contributed by atoms with Gasteiger partial charge >= 0.3 is 0 Å². The van der Waals surface area contributed by atoms with Crippen molar-refractivity contribution < 1.29 is 4.74 Å². The maximum Gasteiger partial charge on any atom is 0.153 e. The fraction of sp³-hybridized carbons (Fsp3) is 0.429. The number of nitrogens with zero attached hydrogens (tertiary/aromatic N) is 4. The van der Waals surface area contributed by atoms with Crippen molar-refractivity contribution in [3.63, 3.8) is 0 Å². The van der Waals surface area contributed by atoms with E-state index in [2.05, 4.69) is 39.2 Å². The van der Waals surface area contributed by atoms with Gasteiger partial charge in [-0.2, -0.15) is 0 Å². The molecule has 0 bridgehead atoms. The molecule has 0 saturated carbocycles. The molecule has 0 saturated heterocycles. The van der Waals surface area contributed by atoms with Crippen molar-refractivity contribution in [3.05, 3.63) is 30.0 Å². The molecule has 5 nitrogen and oxygen atoms in total. The topological polar surface area (TPSA) is 42.7 Å². The minimum absolute atomic E-state index is 0.0257. The molecule has 2 aromatic heterocycles. The third kappa shape index (κ3) is 1.81. The standard InChI is InChI=1S/C14H18N4O/c1-4-5-17-13-12(6-10(2)14(17)19-3)16-8-11-7-15-9-18(11)13/h6-9,14H,4-5H2,1-3H3. The van der Waals surface area contributed by atoms with E-state index < -0.39 is 0 Å². The first-order chi connectivity index (χ1) is 9.26. The van der Waals surface area contributed by atoms with Gasteiger partial charge in [0.15, 0.2) is 6.23 Å². The Hall–Kier alpha value is -1.88. The second-order valence-corrected chi connectivity index (χ2v) is 4.83. The molecule has 100 valence electrons. The highest BCUT2D eigenvalue weighted by molar-refractivity contribution is 5.71. The van der Waals surface area contributed by atoms with Crippen LogP contribution in [-0.4, -0.2) is 34.3 Å². The Labute approximate surface area is 112 Å². The lowest BCUT2D eigenvalue weighted by atomic mass is 10.1. The van der Waals surface area contributed by atoms with E-state index in [1.165, 1.54) is 5.57 Å². The molecule has 0 aliphatic carbocycles. The van der Waals surface area contributed by atoms with Crippen LogP contribution in [0.3, 0.4) is 0 Å². The highest BCUT2D eigenvalue weighted by Crippen LogP contribution is 2.32. The number of fused-ring (bicyclic) bond motifs is 3. The number of imidazole rings is 1. The highest BCUT2D eigenvalue weighted by Gasteiger charge is 2.28. The smallest absolute Gasteiger partial charge is 0.153 e. The average molecular weight is 258 g/mol. The van der Waals surface area contributed by atoms with Gasteiger partial charge in [0.1, 0.15) is 17.8 Å². The highest BCUT2D eigenvalue weighted by atomic mass is 16.5. The number of ether oxygens (including phenoxy) is 1. The molecule has 19 heavy (non-hydrogen) atoms. The van der Waals surface area contributed by atoms with E-state index in [-0.39, 0.29) is 6.23 Å². The van der Waals surface area contributed by atoms with Gasteiger partial charge in [0.25, 0.3) is 0 Å². The van der Waals surface area contributed by atoms with E-state index in [0.29, 0.717) is 0 Å². The zero-order valence-corrected chi connectivity index (χ0v) is 11.5. The Kier molecular flexibility index (Phi) is 2.98. The van der Waals surface area contributed by atoms with Gasteiger partial charge in [-0.05, 0) is 25.0 Å². The van der Waals surface area contributed by atoms with Crippen molar-refractivity contribution in [3.8, 4) is 0 Å². The lowest BCUT2D eigenvalue weighted by Crippen LogP contribution is -2.41. The largest absolute Gasteiger partial charge is 0.358 e. The van der Waals surface area contributed by atoms with Crippen LogP contribution in [0.1, 0.15) is 26.0 Å². The van der Waals surface area contributed by atoms with Crippen molar-refractivity contribution >= 4 is 17.4 Å². The summed E-state index contributed by atoms with van der Waals surface area (Å²) in [5.41, 5.74) is 3.16. The van der Waals surface area contributed by atoms with Crippen LogP contribution in [0, 0.1) is 0 Å². The molecular weight excluding hydrogens is 240 g/mol. The maximum atomic E-state index is 5.65. The second kappa shape index (κ2) is 4.66. The number of rotatable bonds is 3. The van der Waals surface area contributed by atoms with Crippen molar-refractivity contribution in [2.45, 2.75) is 26.5 Å². The first-order valence-corrected chi connectivity index (χ1v) is 6.55. The van der Waals surface area contributed by atoms with Crippen LogP contribution in [0.15, 0.2) is 24.3 Å². The van der Waals surface area contributed by atoms with E-state index in [1.807, 2.05) is 18.7 Å². The van der Waals surface area contributed by atoms with Crippen LogP contribution in [0.2, 0.25) is 0 Å². The summed E-state index contributed by atoms with van der Waals surface area (Å²) in [5.74, 6) is 1.06. The first-order valence-electron chi connectivity index (χ1n) is 6.55. The van der Waals surface area contributed by atoms with Crippen LogP contribution in [0.5, 0.6) is 0 Å². The molecule has 1 aliphatic rings. The van der Waals surface area contributed by atoms with Crippen LogP contribution >= 0.6 is 0 Å². The third-order valence-corrected chi connectivity index (χ3v) is 3.46. The Bertz CT molecular complexity index is 631. The normalized spacial score (nSPS) is 18.6. The Balaban J connectivity index is 2.24. The second-order valence-electron chi connectivity index (χ2n) is 4.83. The Morgan fingerprint density at radius 2 is 2.21 bits per heavy atom. The summed E-state index contributed by atoms with van der Waals surface area (Å²) in [6.07, 6.45) is 8.63. The van der Waals surface area contributed by atoms with Crippen molar-refractivity contribution in [1.29, 1.82) is 0 Å². The van der Waals surface area contributed by atoms with Gasteiger partial charge in [0.05, 0.1) is 17.9 Å². The maximum absolute atomic E-state index is 5.65. The molecule has 1 atom stereocenters. The summed E-state index contributed by atoms with van der Waals surface area (Å²) in [6.45, 7) is 5.18. The molecule has 0 radical (unpaired) electrons. The molecule has 3 heterocycles. The van der Waals surface area contributed by atoms with Crippen LogP contribution < -0.4 is 4.90 Å². The Morgan fingerprint density at radius 3 is 2.95 bits per heavy atom. The molecule has 5 heteroatoms. The van der Waals surface area contributed by atoms with Gasteiger partial charge < -0.3 is 9.64 Å². The minimum atomic E-state index is -0.0257. The van der Waals surface area contributed by atoms with E-state index >= 15 is 0 Å². The number of hydrogen-bond acceptors (Lipinski definition) is 4. The van der Waals surface area contributed by atoms with E-state index in [4.69, 9.17) is 4.74 Å². The minimum Gasteiger partial charge on any atom is -0.358 e. The van der Waals surface area contributed by atoms with E-state index in [9.17, 15) is 0 Å². The molecule has 1 aliphatic heterocycles. The number of anilines is 1. The molecular formula is C14H18N4O. The summed E-state index contributed by atoms with van der Waals surface area (Å²) >= 11 is 0. The quantitative estimate of drug-likeness (QED) is 0.847. The van der Waals surface area contributed by atoms with Crippen molar-refractivity contribution in [2.24, 2.45) is 0 Å². The predicted octanol–water partition coefficient (Wildman–Crippen LogP) is 2.34. The summed E-state index contributed by atoms with van der Waals surface area (Å²) in [6, 6.07) is 0. The molecule has 1 unspecified atom stereocenters. The van der Waals surface area contributed by atoms with Gasteiger partial charge in [-0.1, -0.05) is 6.92 Å². The summed E-state index contributed by atoms with van der Waals surface area (Å²) in [7, 11) is 1.75. The SMILES string of the molecule is CCCN1c2c(ncc3cncn23)C=C(C)C1OC. The molecule has 2 aromatic rings. The van der Waals surface area contributed by atoms with Gasteiger partial charge in [-0.15, -0.1) is 0 Å². The zero-order chi connectivity index (χ0) is 13.4. The van der Waals surface area contributed by atoms with E-state index in [0.717, 1.165) is 30.0 Å². The fourth-order valence-electron chi connectivity index (χ4n) is 2.70. The van der Waals surface area contributed by atoms with Crippen molar-refractivity contribution in [2.75, 3.05) is 18.6 Å². The lowest BCUT2D eigenvalue weighted by molar-refractivity contribution is 0.126. The fourth-order valence-corrected chi connectivity index (χ4v) is 2.70. The molecule has 0 aromatic carbocycles. The summed E-state index contributed by atoms with van der Waals surface area (Å²) in [5, 5.41) is 0. The van der Waals surface area contributed by atoms with Gasteiger partial charge in [-0.3, -0.25) is 9.38 Å². The monoisotopic (exact) mass is 258 g/mol. The third-order valence-electron chi connectivity index (χ3n) is 3.46. The first kappa shape index (κ1) is 12.2. The van der Waals surface area contributed by atoms with Crippen LogP contribution in [0.25, 0.3) is 11.6 Å². The summed E-state index contributed by atoms with van der Waals surface area (Å²) in [4.78, 5) is 11.0. The molecule has 0 amide bonds. The average Bonchev–Trinajstić information content (AvgIpc) is 2.87. The number of aromatic nitrogens is 3. The summed E-state index contributed by atoms with van der Waals surface area (Å²) < 4.78 is 7.72. The van der Waals surface area contributed by atoms with Gasteiger partial charge in [0.2, 0.25) is 0 Å². The van der Waals surface area contributed by atoms with Crippen LogP contribution in [-0.2, 0) is 4.74 Å². The van der Waals surface area contributed by atoms with Gasteiger partial charge in [0, 0.05) is 13.7 Å². The number of hydrogen-bond donors (Lipinski definition) is 0. The number of methoxy groups -OCH3 is 1. The molecule has 3 rings (SSSR count). The molecule has 0 spiro atoms. The zero-order valence-electron chi connectivity index (χ0n) is 11.5. The Morgan fingerprint density at radius 1 is 1.37 bits per heavy atom. The van der Waals surface area contributed by atoms with Crippen molar-refractivity contribution in [1.82, 2.24) is 14.4 Å². The lowest BCUT2D eigenvalue weighted by Gasteiger charge is -2.36. The predicted molar refractivity (Wildman–Crippen MR) is 75.1 cm³/mol. The van der Waals surface area contributed by atoms with Gasteiger partial charge in [-0.25, -0.2) is 4.98 Å². The van der Waals surface area contributed by atoms with Crippen LogP contribution in [0.4, 0.5) is 5.82 Å². The van der Waals surface area contributed by atoms with E-state index in [1.54, 1.807) is 7.11 Å². The molecule has 0 N–H and O–H groups in total.